The number of hydrogen-bond acceptors (Lipinski definition) is 6. The predicted octanol–water partition coefficient (Wildman–Crippen LogP) is 2.66. The summed E-state index contributed by atoms with van der Waals surface area (Å²) < 4.78 is 52.8. The van der Waals surface area contributed by atoms with Crippen molar-refractivity contribution in [3.8, 4) is 0 Å². The van der Waals surface area contributed by atoms with E-state index in [1.807, 2.05) is 4.90 Å². The van der Waals surface area contributed by atoms with Gasteiger partial charge in [-0.15, -0.1) is 0 Å². The van der Waals surface area contributed by atoms with Crippen molar-refractivity contribution in [1.29, 1.82) is 0 Å². The number of hydrogen-bond donors (Lipinski definition) is 1. The van der Waals surface area contributed by atoms with E-state index in [4.69, 9.17) is 21.7 Å². The molecular weight excluding hydrogens is 479 g/mol. The summed E-state index contributed by atoms with van der Waals surface area (Å²) >= 11 is 5.62. The van der Waals surface area contributed by atoms with Gasteiger partial charge in [-0.1, -0.05) is 12.1 Å². The topological polar surface area (TPSA) is 85.7 Å². The van der Waals surface area contributed by atoms with Gasteiger partial charge in [-0.2, -0.15) is 0 Å². The van der Waals surface area contributed by atoms with Crippen LogP contribution in [0, 0.1) is 5.82 Å². The summed E-state index contributed by atoms with van der Waals surface area (Å²) in [6, 6.07) is 5.89. The van der Waals surface area contributed by atoms with Gasteiger partial charge in [0.1, 0.15) is 5.82 Å². The fourth-order valence-corrected chi connectivity index (χ4v) is 5.79. The van der Waals surface area contributed by atoms with Crippen molar-refractivity contribution in [1.82, 2.24) is 19.8 Å². The van der Waals surface area contributed by atoms with E-state index in [0.717, 1.165) is 31.4 Å². The summed E-state index contributed by atoms with van der Waals surface area (Å²) in [7, 11) is -2.14. The molecule has 2 fully saturated rings. The normalized spacial score (nSPS) is 18.2. The van der Waals surface area contributed by atoms with Crippen LogP contribution < -0.4 is 5.32 Å². The Labute approximate surface area is 205 Å². The Hall–Kier alpha value is -2.08. The maximum absolute atomic E-state index is 13.4. The Balaban J connectivity index is 1.60. The minimum absolute atomic E-state index is 0.00455. The zero-order chi connectivity index (χ0) is 24.1. The lowest BCUT2D eigenvalue weighted by atomic mass is 10.2. The minimum Gasteiger partial charge on any atom is -0.383 e. The molecule has 4 rings (SSSR count). The summed E-state index contributed by atoms with van der Waals surface area (Å²) in [6.07, 6.45) is 5.54. The molecule has 1 saturated heterocycles. The first-order valence-electron chi connectivity index (χ1n) is 11.5. The first-order valence-corrected chi connectivity index (χ1v) is 13.6. The molecule has 8 nitrogen and oxygen atoms in total. The number of aromatic nitrogens is 2. The number of rotatable bonds is 11. The number of imidazole rings is 1. The van der Waals surface area contributed by atoms with Crippen LogP contribution in [0.2, 0.25) is 0 Å². The minimum atomic E-state index is -3.78. The SMILES string of the molecule is COCCN(Cc1cnc(S(=O)(=O)Cc2ccc(F)cc2)n1C[C@H]1CCCO1)C(=S)NC1CC1. The lowest BCUT2D eigenvalue weighted by Crippen LogP contribution is -2.42. The third-order valence-electron chi connectivity index (χ3n) is 5.97. The quantitative estimate of drug-likeness (QED) is 0.462. The number of thiocarbonyl (C=S) groups is 1. The number of halogens is 1. The van der Waals surface area contributed by atoms with Gasteiger partial charge in [0.15, 0.2) is 5.11 Å². The van der Waals surface area contributed by atoms with Crippen LogP contribution in [0.4, 0.5) is 4.39 Å². The van der Waals surface area contributed by atoms with E-state index >= 15 is 0 Å². The highest BCUT2D eigenvalue weighted by molar-refractivity contribution is 7.90. The molecule has 1 aromatic carbocycles. The molecule has 1 aliphatic heterocycles. The van der Waals surface area contributed by atoms with Gasteiger partial charge in [0.2, 0.25) is 15.0 Å². The third-order valence-corrected chi connectivity index (χ3v) is 7.94. The van der Waals surface area contributed by atoms with Gasteiger partial charge < -0.3 is 24.3 Å². The molecule has 1 N–H and O–H groups in total. The van der Waals surface area contributed by atoms with Crippen molar-refractivity contribution in [3.05, 3.63) is 47.5 Å². The van der Waals surface area contributed by atoms with Crippen molar-refractivity contribution in [2.24, 2.45) is 0 Å². The van der Waals surface area contributed by atoms with E-state index in [0.29, 0.717) is 49.6 Å². The Morgan fingerprint density at radius 1 is 1.32 bits per heavy atom. The number of nitrogens with zero attached hydrogens (tertiary/aromatic N) is 3. The molecule has 0 bridgehead atoms. The fraction of sp³-hybridized carbons (Fsp3) is 0.565. The number of sulfone groups is 1. The van der Waals surface area contributed by atoms with Crippen molar-refractivity contribution >= 4 is 27.2 Å². The van der Waals surface area contributed by atoms with Gasteiger partial charge in [-0.05, 0) is 55.6 Å². The van der Waals surface area contributed by atoms with E-state index in [2.05, 4.69) is 10.3 Å². The Bertz CT molecular complexity index is 1080. The van der Waals surface area contributed by atoms with Crippen molar-refractivity contribution in [2.75, 3.05) is 26.9 Å². The summed E-state index contributed by atoms with van der Waals surface area (Å²) in [4.78, 5) is 6.32. The molecule has 186 valence electrons. The lowest BCUT2D eigenvalue weighted by molar-refractivity contribution is 0.0935. The first-order chi connectivity index (χ1) is 16.4. The Kier molecular flexibility index (Phi) is 8.18. The van der Waals surface area contributed by atoms with Crippen LogP contribution >= 0.6 is 12.2 Å². The van der Waals surface area contributed by atoms with Crippen LogP contribution in [0.1, 0.15) is 36.9 Å². The largest absolute Gasteiger partial charge is 0.383 e. The second kappa shape index (κ2) is 11.1. The average Bonchev–Trinajstić information content (AvgIpc) is 3.29. The lowest BCUT2D eigenvalue weighted by Gasteiger charge is -2.26. The van der Waals surface area contributed by atoms with E-state index in [9.17, 15) is 12.8 Å². The third kappa shape index (κ3) is 6.53. The van der Waals surface area contributed by atoms with Gasteiger partial charge in [-0.25, -0.2) is 17.8 Å². The molecule has 1 atom stereocenters. The maximum Gasteiger partial charge on any atom is 0.228 e. The number of nitrogens with one attached hydrogen (secondary N) is 1. The van der Waals surface area contributed by atoms with Gasteiger partial charge >= 0.3 is 0 Å². The predicted molar refractivity (Wildman–Crippen MR) is 130 cm³/mol. The van der Waals surface area contributed by atoms with Crippen molar-refractivity contribution < 1.29 is 22.3 Å². The molecular formula is C23H31FN4O4S2. The second-order valence-corrected chi connectivity index (χ2v) is 11.1. The maximum atomic E-state index is 13.4. The molecule has 2 aliphatic rings. The smallest absolute Gasteiger partial charge is 0.228 e. The van der Waals surface area contributed by atoms with E-state index < -0.39 is 15.7 Å². The molecule has 0 amide bonds. The van der Waals surface area contributed by atoms with Crippen LogP contribution in [0.5, 0.6) is 0 Å². The van der Waals surface area contributed by atoms with Gasteiger partial charge in [0, 0.05) is 26.3 Å². The standard InChI is InChI=1S/C23H31FN4O4S2/c1-31-12-10-27(22(33)26-19-8-9-19)14-20-13-25-23(28(20)15-21-3-2-11-32-21)34(29,30)16-17-4-6-18(24)7-5-17/h4-7,13,19,21H,2-3,8-12,14-16H2,1H3,(H,26,33)/t21-/m1/s1. The zero-order valence-electron chi connectivity index (χ0n) is 19.3. The Morgan fingerprint density at radius 2 is 2.09 bits per heavy atom. The van der Waals surface area contributed by atoms with Crippen molar-refractivity contribution in [2.45, 2.75) is 61.8 Å². The fourth-order valence-electron chi connectivity index (χ4n) is 3.96. The first kappa shape index (κ1) is 25.0. The van der Waals surface area contributed by atoms with Gasteiger partial charge in [0.05, 0.1) is 43.4 Å². The summed E-state index contributed by atoms with van der Waals surface area (Å²) in [5.74, 6) is -0.667. The molecule has 0 unspecified atom stereocenters. The van der Waals surface area contributed by atoms with E-state index in [1.165, 1.54) is 24.3 Å². The number of ether oxygens (including phenoxy) is 2. The summed E-state index contributed by atoms with van der Waals surface area (Å²) in [5, 5.41) is 3.97. The van der Waals surface area contributed by atoms with Gasteiger partial charge in [-0.3, -0.25) is 0 Å². The molecule has 1 aliphatic carbocycles. The van der Waals surface area contributed by atoms with Crippen LogP contribution in [-0.4, -0.2) is 67.0 Å². The number of methoxy groups -OCH3 is 1. The molecule has 1 aromatic heterocycles. The Morgan fingerprint density at radius 3 is 2.74 bits per heavy atom. The highest BCUT2D eigenvalue weighted by Crippen LogP contribution is 2.23. The second-order valence-electron chi connectivity index (χ2n) is 8.80. The molecule has 1 saturated carbocycles. The molecule has 0 radical (unpaired) electrons. The summed E-state index contributed by atoms with van der Waals surface area (Å²) in [6.45, 7) is 2.52. The van der Waals surface area contributed by atoms with Crippen LogP contribution in [-0.2, 0) is 38.2 Å². The van der Waals surface area contributed by atoms with Crippen LogP contribution in [0.25, 0.3) is 0 Å². The molecule has 11 heteroatoms. The monoisotopic (exact) mass is 510 g/mol. The number of benzene rings is 1. The van der Waals surface area contributed by atoms with E-state index in [1.54, 1.807) is 17.9 Å². The van der Waals surface area contributed by atoms with Gasteiger partial charge in [0.25, 0.3) is 0 Å². The zero-order valence-corrected chi connectivity index (χ0v) is 20.9. The molecule has 0 spiro atoms. The average molecular weight is 511 g/mol. The van der Waals surface area contributed by atoms with Crippen LogP contribution in [0.3, 0.4) is 0 Å². The molecule has 2 aromatic rings. The summed E-state index contributed by atoms with van der Waals surface area (Å²) in [5.41, 5.74) is 1.25. The highest BCUT2D eigenvalue weighted by Gasteiger charge is 2.29. The van der Waals surface area contributed by atoms with Crippen LogP contribution in [0.15, 0.2) is 35.6 Å². The van der Waals surface area contributed by atoms with Crippen molar-refractivity contribution in [3.63, 3.8) is 0 Å². The molecule has 34 heavy (non-hydrogen) atoms. The highest BCUT2D eigenvalue weighted by atomic mass is 32.2. The van der Waals surface area contributed by atoms with E-state index in [-0.39, 0.29) is 17.0 Å². The molecule has 2 heterocycles.